The lowest BCUT2D eigenvalue weighted by Crippen LogP contribution is -2.39. The molecule has 1 aliphatic carbocycles. The van der Waals surface area contributed by atoms with Crippen LogP contribution >= 0.6 is 0 Å². The second-order valence-electron chi connectivity index (χ2n) is 5.09. The van der Waals surface area contributed by atoms with Crippen molar-refractivity contribution in [1.82, 2.24) is 0 Å². The Bertz CT molecular complexity index is 456. The van der Waals surface area contributed by atoms with Gasteiger partial charge in [0.25, 0.3) is 6.43 Å². The zero-order chi connectivity index (χ0) is 14.0. The van der Waals surface area contributed by atoms with Gasteiger partial charge < -0.3 is 10.5 Å². The normalized spacial score (nSPS) is 18.6. The van der Waals surface area contributed by atoms with Crippen LogP contribution in [0.15, 0.2) is 12.1 Å². The lowest BCUT2D eigenvalue weighted by Gasteiger charge is -2.35. The van der Waals surface area contributed by atoms with Crippen molar-refractivity contribution in [1.29, 1.82) is 0 Å². The highest BCUT2D eigenvalue weighted by molar-refractivity contribution is 5.46. The van der Waals surface area contributed by atoms with Crippen LogP contribution < -0.4 is 10.5 Å². The van der Waals surface area contributed by atoms with Crippen molar-refractivity contribution >= 4 is 0 Å². The molecule has 2 rings (SSSR count). The summed E-state index contributed by atoms with van der Waals surface area (Å²) >= 11 is 0. The minimum Gasteiger partial charge on any atom is -0.496 e. The minimum absolute atomic E-state index is 0.0285. The SMILES string of the molecule is COc1c(C(F)F)cc(F)cc1C1(N)CCCCC1. The number of ether oxygens (including phenoxy) is 1. The number of halogens is 3. The number of alkyl halides is 2. The predicted octanol–water partition coefficient (Wildman–Crippen LogP) is 3.89. The van der Waals surface area contributed by atoms with Crippen LogP contribution in [0.5, 0.6) is 5.75 Å². The Kier molecular flexibility index (Phi) is 4.04. The van der Waals surface area contributed by atoms with E-state index in [-0.39, 0.29) is 5.75 Å². The summed E-state index contributed by atoms with van der Waals surface area (Å²) in [7, 11) is 1.31. The number of methoxy groups -OCH3 is 1. The van der Waals surface area contributed by atoms with Gasteiger partial charge in [-0.05, 0) is 25.0 Å². The standard InChI is InChI=1S/C14H18F3NO/c1-19-12-10(13(16)17)7-9(15)8-11(12)14(18)5-3-2-4-6-14/h7-8,13H,2-6,18H2,1H3. The lowest BCUT2D eigenvalue weighted by molar-refractivity contribution is 0.145. The highest BCUT2D eigenvalue weighted by Crippen LogP contribution is 2.43. The monoisotopic (exact) mass is 273 g/mol. The molecule has 0 atom stereocenters. The molecule has 0 unspecified atom stereocenters. The molecule has 0 spiro atoms. The van der Waals surface area contributed by atoms with Crippen LogP contribution in [-0.4, -0.2) is 7.11 Å². The van der Waals surface area contributed by atoms with E-state index in [1.807, 2.05) is 0 Å². The van der Waals surface area contributed by atoms with E-state index in [4.69, 9.17) is 10.5 Å². The summed E-state index contributed by atoms with van der Waals surface area (Å²) in [5.41, 5.74) is 5.48. The molecule has 19 heavy (non-hydrogen) atoms. The molecule has 0 heterocycles. The Morgan fingerprint density at radius 1 is 1.21 bits per heavy atom. The molecule has 0 saturated heterocycles. The van der Waals surface area contributed by atoms with Crippen molar-refractivity contribution in [3.8, 4) is 5.75 Å². The summed E-state index contributed by atoms with van der Waals surface area (Å²) in [6, 6.07) is 2.05. The third-order valence-electron chi connectivity index (χ3n) is 3.80. The van der Waals surface area contributed by atoms with E-state index >= 15 is 0 Å². The number of hydrogen-bond donors (Lipinski definition) is 1. The first-order valence-corrected chi connectivity index (χ1v) is 6.43. The van der Waals surface area contributed by atoms with Crippen LogP contribution in [0.25, 0.3) is 0 Å². The topological polar surface area (TPSA) is 35.2 Å². The smallest absolute Gasteiger partial charge is 0.267 e. The van der Waals surface area contributed by atoms with Crippen LogP contribution in [0.4, 0.5) is 13.2 Å². The fourth-order valence-electron chi connectivity index (χ4n) is 2.83. The van der Waals surface area contributed by atoms with E-state index in [9.17, 15) is 13.2 Å². The number of hydrogen-bond acceptors (Lipinski definition) is 2. The molecule has 0 bridgehead atoms. The molecule has 1 aromatic carbocycles. The summed E-state index contributed by atoms with van der Waals surface area (Å²) in [6.45, 7) is 0. The molecule has 0 aliphatic heterocycles. The Morgan fingerprint density at radius 3 is 2.37 bits per heavy atom. The van der Waals surface area contributed by atoms with Gasteiger partial charge in [0.1, 0.15) is 11.6 Å². The molecule has 0 amide bonds. The molecule has 0 radical (unpaired) electrons. The van der Waals surface area contributed by atoms with Gasteiger partial charge in [0, 0.05) is 11.1 Å². The summed E-state index contributed by atoms with van der Waals surface area (Å²) < 4.78 is 44.6. The lowest BCUT2D eigenvalue weighted by atomic mass is 9.76. The number of nitrogens with two attached hydrogens (primary N) is 1. The van der Waals surface area contributed by atoms with Gasteiger partial charge in [-0.1, -0.05) is 19.3 Å². The Hall–Kier alpha value is -1.23. The fraction of sp³-hybridized carbons (Fsp3) is 0.571. The molecular weight excluding hydrogens is 255 g/mol. The van der Waals surface area contributed by atoms with E-state index in [2.05, 4.69) is 0 Å². The van der Waals surface area contributed by atoms with Gasteiger partial charge in [0.2, 0.25) is 0 Å². The average Bonchev–Trinajstić information content (AvgIpc) is 2.38. The van der Waals surface area contributed by atoms with Crippen LogP contribution in [0, 0.1) is 5.82 Å². The zero-order valence-corrected chi connectivity index (χ0v) is 10.9. The molecular formula is C14H18F3NO. The van der Waals surface area contributed by atoms with Crippen LogP contribution in [0.1, 0.15) is 49.7 Å². The largest absolute Gasteiger partial charge is 0.496 e. The van der Waals surface area contributed by atoms with Gasteiger partial charge in [0.05, 0.1) is 12.7 Å². The van der Waals surface area contributed by atoms with Crippen LogP contribution in [0.2, 0.25) is 0 Å². The Labute approximate surface area is 110 Å². The van der Waals surface area contributed by atoms with Gasteiger partial charge in [0.15, 0.2) is 0 Å². The zero-order valence-electron chi connectivity index (χ0n) is 10.9. The summed E-state index contributed by atoms with van der Waals surface area (Å²) in [4.78, 5) is 0. The van der Waals surface area contributed by atoms with Crippen molar-refractivity contribution < 1.29 is 17.9 Å². The molecule has 1 aromatic rings. The average molecular weight is 273 g/mol. The molecule has 1 fully saturated rings. The first-order valence-electron chi connectivity index (χ1n) is 6.43. The molecule has 2 N–H and O–H groups in total. The van der Waals surface area contributed by atoms with Gasteiger partial charge in [-0.25, -0.2) is 13.2 Å². The van der Waals surface area contributed by atoms with E-state index in [0.717, 1.165) is 25.3 Å². The van der Waals surface area contributed by atoms with Gasteiger partial charge in [-0.15, -0.1) is 0 Å². The minimum atomic E-state index is -2.78. The van der Waals surface area contributed by atoms with E-state index in [1.54, 1.807) is 0 Å². The van der Waals surface area contributed by atoms with Gasteiger partial charge >= 0.3 is 0 Å². The summed E-state index contributed by atoms with van der Waals surface area (Å²) in [5.74, 6) is -0.665. The van der Waals surface area contributed by atoms with E-state index in [1.165, 1.54) is 13.2 Å². The van der Waals surface area contributed by atoms with Crippen molar-refractivity contribution in [2.75, 3.05) is 7.11 Å². The second-order valence-corrected chi connectivity index (χ2v) is 5.09. The third kappa shape index (κ3) is 2.71. The van der Waals surface area contributed by atoms with Gasteiger partial charge in [-0.2, -0.15) is 0 Å². The molecule has 1 saturated carbocycles. The molecule has 2 nitrogen and oxygen atoms in total. The molecule has 0 aromatic heterocycles. The van der Waals surface area contributed by atoms with Gasteiger partial charge in [-0.3, -0.25) is 0 Å². The predicted molar refractivity (Wildman–Crippen MR) is 66.9 cm³/mol. The third-order valence-corrected chi connectivity index (χ3v) is 3.80. The highest BCUT2D eigenvalue weighted by Gasteiger charge is 2.34. The van der Waals surface area contributed by atoms with E-state index < -0.39 is 23.3 Å². The summed E-state index contributed by atoms with van der Waals surface area (Å²) in [5, 5.41) is 0. The van der Waals surface area contributed by atoms with E-state index in [0.29, 0.717) is 18.4 Å². The Morgan fingerprint density at radius 2 is 1.84 bits per heavy atom. The van der Waals surface area contributed by atoms with Crippen molar-refractivity contribution in [2.24, 2.45) is 5.73 Å². The fourth-order valence-corrected chi connectivity index (χ4v) is 2.83. The van der Waals surface area contributed by atoms with Crippen molar-refractivity contribution in [2.45, 2.75) is 44.1 Å². The first kappa shape index (κ1) is 14.2. The molecule has 5 heteroatoms. The number of benzene rings is 1. The first-order chi connectivity index (χ1) is 8.98. The highest BCUT2D eigenvalue weighted by atomic mass is 19.3. The molecule has 1 aliphatic rings. The maximum absolute atomic E-state index is 13.6. The Balaban J connectivity index is 2.54. The van der Waals surface area contributed by atoms with Crippen molar-refractivity contribution in [3.63, 3.8) is 0 Å². The number of rotatable bonds is 3. The quantitative estimate of drug-likeness (QED) is 0.906. The maximum atomic E-state index is 13.6. The second kappa shape index (κ2) is 5.41. The summed E-state index contributed by atoms with van der Waals surface area (Å²) in [6.07, 6.45) is 1.44. The molecule has 106 valence electrons. The van der Waals surface area contributed by atoms with Crippen molar-refractivity contribution in [3.05, 3.63) is 29.1 Å². The van der Waals surface area contributed by atoms with Crippen LogP contribution in [-0.2, 0) is 5.54 Å². The van der Waals surface area contributed by atoms with Crippen LogP contribution in [0.3, 0.4) is 0 Å². The maximum Gasteiger partial charge on any atom is 0.267 e.